The average molecular weight is 367 g/mol. The minimum atomic E-state index is -0.668. The van der Waals surface area contributed by atoms with Crippen molar-refractivity contribution in [1.82, 2.24) is 15.4 Å². The summed E-state index contributed by atoms with van der Waals surface area (Å²) in [7, 11) is 1.60. The van der Waals surface area contributed by atoms with Crippen molar-refractivity contribution in [3.8, 4) is 0 Å². The van der Waals surface area contributed by atoms with Gasteiger partial charge in [0.15, 0.2) is 5.82 Å². The molecule has 25 heavy (non-hydrogen) atoms. The van der Waals surface area contributed by atoms with E-state index in [1.54, 1.807) is 26.1 Å². The van der Waals surface area contributed by atoms with E-state index in [4.69, 9.17) is 20.9 Å². The maximum atomic E-state index is 12.0. The van der Waals surface area contributed by atoms with Crippen LogP contribution in [0, 0.1) is 6.92 Å². The zero-order valence-corrected chi connectivity index (χ0v) is 14.7. The Hall–Kier alpha value is -2.74. The van der Waals surface area contributed by atoms with Gasteiger partial charge >= 0.3 is 12.1 Å². The number of likely N-dealkylation sites (N-methyl/N-ethyl adjacent to an activating group) is 1. The smallest absolute Gasteiger partial charge is 0.412 e. The minimum Gasteiger partial charge on any atom is -0.447 e. The van der Waals surface area contributed by atoms with Gasteiger partial charge in [0, 0.05) is 24.7 Å². The number of hydrogen-bond donors (Lipinski definition) is 2. The van der Waals surface area contributed by atoms with Gasteiger partial charge < -0.3 is 19.5 Å². The molecule has 2 aromatic rings. The Labute approximate surface area is 150 Å². The van der Waals surface area contributed by atoms with Crippen LogP contribution in [0.25, 0.3) is 0 Å². The molecule has 9 heteroatoms. The van der Waals surface area contributed by atoms with Crippen LogP contribution in [-0.2, 0) is 11.3 Å². The fourth-order valence-electron chi connectivity index (χ4n) is 1.89. The van der Waals surface area contributed by atoms with Crippen LogP contribution in [0.5, 0.6) is 0 Å². The number of nitrogens with zero attached hydrogens (tertiary/aromatic N) is 2. The second-order valence-corrected chi connectivity index (χ2v) is 5.66. The number of carbonyl (C=O) groups excluding carboxylic acids is 2. The molecule has 8 nitrogen and oxygen atoms in total. The molecule has 0 aliphatic rings. The van der Waals surface area contributed by atoms with E-state index in [0.717, 1.165) is 5.56 Å². The number of anilines is 1. The second kappa shape index (κ2) is 8.93. The molecule has 1 aromatic heterocycles. The molecule has 0 atom stereocenters. The Morgan fingerprint density at radius 2 is 2.12 bits per heavy atom. The van der Waals surface area contributed by atoms with Crippen LogP contribution in [0.1, 0.15) is 11.3 Å². The molecule has 0 saturated carbocycles. The summed E-state index contributed by atoms with van der Waals surface area (Å²) in [5.41, 5.74) is 0.824. The second-order valence-electron chi connectivity index (χ2n) is 5.26. The van der Waals surface area contributed by atoms with Crippen molar-refractivity contribution in [3.05, 3.63) is 46.7 Å². The molecule has 0 aliphatic carbocycles. The fourth-order valence-corrected chi connectivity index (χ4v) is 2.09. The number of nitrogens with one attached hydrogen (secondary N) is 2. The largest absolute Gasteiger partial charge is 0.447 e. The third kappa shape index (κ3) is 6.00. The molecule has 0 aliphatic heterocycles. The molecular formula is C16H19ClN4O4. The number of halogens is 1. The SMILES string of the molecule is Cc1cc(NC(=O)OCCN(C)C(=O)NCc2ccccc2Cl)no1. The summed E-state index contributed by atoms with van der Waals surface area (Å²) in [6.07, 6.45) is -0.668. The van der Waals surface area contributed by atoms with E-state index >= 15 is 0 Å². The van der Waals surface area contributed by atoms with Gasteiger partial charge in [0.1, 0.15) is 12.4 Å². The number of rotatable bonds is 6. The highest BCUT2D eigenvalue weighted by Gasteiger charge is 2.11. The van der Waals surface area contributed by atoms with E-state index in [0.29, 0.717) is 17.3 Å². The maximum absolute atomic E-state index is 12.0. The number of hydrogen-bond acceptors (Lipinski definition) is 5. The van der Waals surface area contributed by atoms with E-state index < -0.39 is 6.09 Å². The highest BCUT2D eigenvalue weighted by molar-refractivity contribution is 6.31. The summed E-state index contributed by atoms with van der Waals surface area (Å²) in [6, 6.07) is 8.53. The third-order valence-electron chi connectivity index (χ3n) is 3.25. The monoisotopic (exact) mass is 366 g/mol. The number of ether oxygens (including phenoxy) is 1. The lowest BCUT2D eigenvalue weighted by Gasteiger charge is -2.18. The van der Waals surface area contributed by atoms with Crippen molar-refractivity contribution in [3.63, 3.8) is 0 Å². The van der Waals surface area contributed by atoms with E-state index in [1.165, 1.54) is 4.90 Å². The van der Waals surface area contributed by atoms with Gasteiger partial charge in [0.05, 0.1) is 6.54 Å². The molecule has 1 heterocycles. The van der Waals surface area contributed by atoms with Crippen molar-refractivity contribution in [1.29, 1.82) is 0 Å². The van der Waals surface area contributed by atoms with Crippen LogP contribution in [0.3, 0.4) is 0 Å². The van der Waals surface area contributed by atoms with Gasteiger partial charge in [-0.2, -0.15) is 0 Å². The van der Waals surface area contributed by atoms with Crippen LogP contribution in [0.2, 0.25) is 5.02 Å². The highest BCUT2D eigenvalue weighted by Crippen LogP contribution is 2.14. The number of carbonyl (C=O) groups is 2. The Morgan fingerprint density at radius 1 is 1.36 bits per heavy atom. The highest BCUT2D eigenvalue weighted by atomic mass is 35.5. The normalized spacial score (nSPS) is 10.2. The first-order chi connectivity index (χ1) is 12.0. The Morgan fingerprint density at radius 3 is 2.80 bits per heavy atom. The number of aryl methyl sites for hydroxylation is 1. The van der Waals surface area contributed by atoms with Gasteiger partial charge in [-0.25, -0.2) is 9.59 Å². The van der Waals surface area contributed by atoms with Crippen molar-refractivity contribution < 1.29 is 18.8 Å². The van der Waals surface area contributed by atoms with E-state index in [9.17, 15) is 9.59 Å². The lowest BCUT2D eigenvalue weighted by atomic mass is 10.2. The molecule has 3 amide bonds. The molecule has 0 radical (unpaired) electrons. The zero-order valence-electron chi connectivity index (χ0n) is 13.9. The number of aromatic nitrogens is 1. The van der Waals surface area contributed by atoms with Crippen LogP contribution >= 0.6 is 11.6 Å². The molecule has 2 N–H and O–H groups in total. The van der Waals surface area contributed by atoms with Crippen LogP contribution in [0.15, 0.2) is 34.9 Å². The minimum absolute atomic E-state index is 0.0404. The topological polar surface area (TPSA) is 96.7 Å². The van der Waals surface area contributed by atoms with Crippen LogP contribution < -0.4 is 10.6 Å². The van der Waals surface area contributed by atoms with E-state index in [2.05, 4.69) is 15.8 Å². The average Bonchev–Trinajstić information content (AvgIpc) is 2.98. The van der Waals surface area contributed by atoms with Crippen molar-refractivity contribution in [2.75, 3.05) is 25.5 Å². The quantitative estimate of drug-likeness (QED) is 0.819. The molecule has 0 unspecified atom stereocenters. The van der Waals surface area contributed by atoms with Gasteiger partial charge in [-0.1, -0.05) is 35.0 Å². The van der Waals surface area contributed by atoms with Crippen molar-refractivity contribution in [2.24, 2.45) is 0 Å². The molecule has 2 rings (SSSR count). The summed E-state index contributed by atoms with van der Waals surface area (Å²) in [6.45, 7) is 2.30. The molecule has 134 valence electrons. The molecule has 0 fully saturated rings. The molecule has 0 saturated heterocycles. The first-order valence-corrected chi connectivity index (χ1v) is 7.93. The lowest BCUT2D eigenvalue weighted by molar-refractivity contribution is 0.146. The Bertz CT molecular complexity index is 734. The van der Waals surface area contributed by atoms with Gasteiger partial charge in [-0.3, -0.25) is 5.32 Å². The van der Waals surface area contributed by atoms with Crippen molar-refractivity contribution in [2.45, 2.75) is 13.5 Å². The third-order valence-corrected chi connectivity index (χ3v) is 3.62. The zero-order chi connectivity index (χ0) is 18.2. The number of urea groups is 1. The summed E-state index contributed by atoms with van der Waals surface area (Å²) < 4.78 is 9.80. The lowest BCUT2D eigenvalue weighted by Crippen LogP contribution is -2.39. The van der Waals surface area contributed by atoms with Crippen LogP contribution in [-0.4, -0.2) is 42.4 Å². The van der Waals surface area contributed by atoms with E-state index in [1.807, 2.05) is 18.2 Å². The van der Waals surface area contributed by atoms with Crippen LogP contribution in [0.4, 0.5) is 15.4 Å². The predicted octanol–water partition coefficient (Wildman–Crippen LogP) is 3.03. The first kappa shape index (κ1) is 18.6. The standard InChI is InChI=1S/C16H19ClN4O4/c1-11-9-14(20-25-11)19-16(23)24-8-7-21(2)15(22)18-10-12-5-3-4-6-13(12)17/h3-6,9H,7-8,10H2,1-2H3,(H,18,22)(H,19,20,23). The number of amides is 3. The summed E-state index contributed by atoms with van der Waals surface area (Å²) in [5.74, 6) is 0.846. The number of benzene rings is 1. The first-order valence-electron chi connectivity index (χ1n) is 7.55. The maximum Gasteiger partial charge on any atom is 0.412 e. The molecule has 0 bridgehead atoms. The summed E-state index contributed by atoms with van der Waals surface area (Å²) >= 11 is 6.03. The molecular weight excluding hydrogens is 348 g/mol. The Kier molecular flexibility index (Phi) is 6.64. The van der Waals surface area contributed by atoms with Gasteiger partial charge in [-0.05, 0) is 18.6 Å². The van der Waals surface area contributed by atoms with Gasteiger partial charge in [0.25, 0.3) is 0 Å². The predicted molar refractivity (Wildman–Crippen MR) is 92.5 cm³/mol. The molecule has 1 aromatic carbocycles. The fraction of sp³-hybridized carbons (Fsp3) is 0.312. The van der Waals surface area contributed by atoms with Crippen molar-refractivity contribution >= 4 is 29.5 Å². The molecule has 0 spiro atoms. The van der Waals surface area contributed by atoms with Gasteiger partial charge in [0.2, 0.25) is 0 Å². The summed E-state index contributed by atoms with van der Waals surface area (Å²) in [4.78, 5) is 25.0. The van der Waals surface area contributed by atoms with E-state index in [-0.39, 0.29) is 25.0 Å². The summed E-state index contributed by atoms with van der Waals surface area (Å²) in [5, 5.41) is 9.37. The Balaban J connectivity index is 1.67. The van der Waals surface area contributed by atoms with Gasteiger partial charge in [-0.15, -0.1) is 0 Å².